The Labute approximate surface area is 120 Å². The molecule has 0 spiro atoms. The smallest absolute Gasteiger partial charge is 0.337 e. The number of halogens is 1. The fourth-order valence-electron chi connectivity index (χ4n) is 1.78. The standard InChI is InChI=1S/C15H13FN2O3/c1-21-15(20)9-4-2-5-10(8-9)18-14(19)11-6-3-7-12(16)13(11)17/h2-8H,17H2,1H3,(H,18,19). The Bertz CT molecular complexity index is 701. The third-order valence-corrected chi connectivity index (χ3v) is 2.84. The number of nitrogen functional groups attached to an aromatic ring is 1. The van der Waals surface area contributed by atoms with Gasteiger partial charge in [-0.25, -0.2) is 9.18 Å². The van der Waals surface area contributed by atoms with Crippen LogP contribution >= 0.6 is 0 Å². The lowest BCUT2D eigenvalue weighted by Gasteiger charge is -2.09. The van der Waals surface area contributed by atoms with E-state index in [4.69, 9.17) is 5.73 Å². The van der Waals surface area contributed by atoms with Gasteiger partial charge in [0.05, 0.1) is 23.9 Å². The molecule has 0 bridgehead atoms. The number of ether oxygens (including phenoxy) is 1. The number of benzene rings is 2. The molecule has 1 amide bonds. The molecular weight excluding hydrogens is 275 g/mol. The van der Waals surface area contributed by atoms with Crippen molar-refractivity contribution in [2.75, 3.05) is 18.2 Å². The van der Waals surface area contributed by atoms with Crippen LogP contribution in [-0.4, -0.2) is 19.0 Å². The van der Waals surface area contributed by atoms with Crippen LogP contribution in [0.2, 0.25) is 0 Å². The topological polar surface area (TPSA) is 81.4 Å². The van der Waals surface area contributed by atoms with E-state index < -0.39 is 17.7 Å². The number of amides is 1. The van der Waals surface area contributed by atoms with Gasteiger partial charge in [0.25, 0.3) is 5.91 Å². The number of hydrogen-bond acceptors (Lipinski definition) is 4. The van der Waals surface area contributed by atoms with Crippen LogP contribution in [-0.2, 0) is 4.74 Å². The third kappa shape index (κ3) is 3.17. The number of hydrogen-bond donors (Lipinski definition) is 2. The van der Waals surface area contributed by atoms with Crippen molar-refractivity contribution in [2.45, 2.75) is 0 Å². The molecule has 2 rings (SSSR count). The Morgan fingerprint density at radius 2 is 1.90 bits per heavy atom. The molecule has 0 aliphatic heterocycles. The maximum atomic E-state index is 13.3. The van der Waals surface area contributed by atoms with Crippen molar-refractivity contribution in [3.63, 3.8) is 0 Å². The summed E-state index contributed by atoms with van der Waals surface area (Å²) in [4.78, 5) is 23.5. The van der Waals surface area contributed by atoms with Crippen molar-refractivity contribution in [3.05, 3.63) is 59.4 Å². The zero-order valence-corrected chi connectivity index (χ0v) is 11.2. The van der Waals surface area contributed by atoms with E-state index in [1.165, 1.54) is 31.4 Å². The van der Waals surface area contributed by atoms with Crippen molar-refractivity contribution >= 4 is 23.3 Å². The van der Waals surface area contributed by atoms with E-state index in [1.807, 2.05) is 0 Å². The molecule has 2 aromatic rings. The quantitative estimate of drug-likeness (QED) is 0.671. The lowest BCUT2D eigenvalue weighted by Crippen LogP contribution is -2.15. The molecule has 0 aromatic heterocycles. The highest BCUT2D eigenvalue weighted by Gasteiger charge is 2.13. The van der Waals surface area contributed by atoms with E-state index in [0.717, 1.165) is 0 Å². The molecule has 3 N–H and O–H groups in total. The first kappa shape index (κ1) is 14.5. The third-order valence-electron chi connectivity index (χ3n) is 2.84. The summed E-state index contributed by atoms with van der Waals surface area (Å²) in [6, 6.07) is 10.2. The average Bonchev–Trinajstić information content (AvgIpc) is 2.49. The first-order valence-corrected chi connectivity index (χ1v) is 6.06. The second-order valence-corrected chi connectivity index (χ2v) is 4.23. The highest BCUT2D eigenvalue weighted by molar-refractivity contribution is 6.08. The highest BCUT2D eigenvalue weighted by atomic mass is 19.1. The molecule has 0 atom stereocenters. The number of carbonyl (C=O) groups excluding carboxylic acids is 2. The fraction of sp³-hybridized carbons (Fsp3) is 0.0667. The van der Waals surface area contributed by atoms with Gasteiger partial charge in [0.1, 0.15) is 5.82 Å². The molecule has 0 saturated carbocycles. The lowest BCUT2D eigenvalue weighted by molar-refractivity contribution is 0.0600. The molecule has 5 nitrogen and oxygen atoms in total. The Balaban J connectivity index is 2.24. The van der Waals surface area contributed by atoms with Gasteiger partial charge >= 0.3 is 5.97 Å². The summed E-state index contributed by atoms with van der Waals surface area (Å²) in [6.07, 6.45) is 0. The molecule has 0 aliphatic carbocycles. The number of methoxy groups -OCH3 is 1. The minimum absolute atomic E-state index is 0.0264. The van der Waals surface area contributed by atoms with Crippen LogP contribution < -0.4 is 11.1 Å². The molecule has 0 saturated heterocycles. The summed E-state index contributed by atoms with van der Waals surface area (Å²) in [5, 5.41) is 2.55. The van der Waals surface area contributed by atoms with E-state index >= 15 is 0 Å². The number of rotatable bonds is 3. The van der Waals surface area contributed by atoms with Gasteiger partial charge < -0.3 is 15.8 Å². The van der Waals surface area contributed by atoms with Crippen LogP contribution in [0.1, 0.15) is 20.7 Å². The summed E-state index contributed by atoms with van der Waals surface area (Å²) >= 11 is 0. The van der Waals surface area contributed by atoms with Gasteiger partial charge in [-0.3, -0.25) is 4.79 Å². The SMILES string of the molecule is COC(=O)c1cccc(NC(=O)c2cccc(F)c2N)c1. The maximum Gasteiger partial charge on any atom is 0.337 e. The zero-order chi connectivity index (χ0) is 15.4. The Morgan fingerprint density at radius 3 is 2.62 bits per heavy atom. The summed E-state index contributed by atoms with van der Waals surface area (Å²) in [5.74, 6) is -1.74. The van der Waals surface area contributed by atoms with Crippen LogP contribution in [0.5, 0.6) is 0 Å². The monoisotopic (exact) mass is 288 g/mol. The summed E-state index contributed by atoms with van der Waals surface area (Å²) in [7, 11) is 1.26. The molecule has 108 valence electrons. The van der Waals surface area contributed by atoms with Crippen LogP contribution in [0.25, 0.3) is 0 Å². The number of carbonyl (C=O) groups is 2. The minimum atomic E-state index is -0.661. The van der Waals surface area contributed by atoms with E-state index in [9.17, 15) is 14.0 Å². The van der Waals surface area contributed by atoms with Crippen molar-refractivity contribution in [1.82, 2.24) is 0 Å². The van der Waals surface area contributed by atoms with Crippen molar-refractivity contribution < 1.29 is 18.7 Å². The van der Waals surface area contributed by atoms with Gasteiger partial charge in [0.15, 0.2) is 0 Å². The van der Waals surface area contributed by atoms with Gasteiger partial charge in [0.2, 0.25) is 0 Å². The molecular formula is C15H13FN2O3. The van der Waals surface area contributed by atoms with Crippen LogP contribution in [0, 0.1) is 5.82 Å². The Morgan fingerprint density at radius 1 is 1.19 bits per heavy atom. The predicted octanol–water partition coefficient (Wildman–Crippen LogP) is 2.45. The van der Waals surface area contributed by atoms with Crippen molar-refractivity contribution in [1.29, 1.82) is 0 Å². The molecule has 6 heteroatoms. The number of nitrogens with one attached hydrogen (secondary N) is 1. The van der Waals surface area contributed by atoms with Gasteiger partial charge in [-0.2, -0.15) is 0 Å². The van der Waals surface area contributed by atoms with Gasteiger partial charge in [-0.15, -0.1) is 0 Å². The summed E-state index contributed by atoms with van der Waals surface area (Å²) in [5.41, 5.74) is 6.01. The molecule has 2 aromatic carbocycles. The molecule has 21 heavy (non-hydrogen) atoms. The van der Waals surface area contributed by atoms with Crippen molar-refractivity contribution in [3.8, 4) is 0 Å². The van der Waals surface area contributed by atoms with Crippen LogP contribution in [0.15, 0.2) is 42.5 Å². The maximum absolute atomic E-state index is 13.3. The summed E-state index contributed by atoms with van der Waals surface area (Å²) in [6.45, 7) is 0. The number of anilines is 2. The first-order valence-electron chi connectivity index (χ1n) is 6.06. The molecule has 0 aliphatic rings. The van der Waals surface area contributed by atoms with E-state index in [0.29, 0.717) is 11.3 Å². The Hall–Kier alpha value is -2.89. The zero-order valence-electron chi connectivity index (χ0n) is 11.2. The van der Waals surface area contributed by atoms with E-state index in [-0.39, 0.29) is 11.3 Å². The van der Waals surface area contributed by atoms with Crippen LogP contribution in [0.4, 0.5) is 15.8 Å². The molecule has 0 heterocycles. The number of nitrogens with two attached hydrogens (primary N) is 1. The van der Waals surface area contributed by atoms with Gasteiger partial charge in [-0.1, -0.05) is 12.1 Å². The second-order valence-electron chi connectivity index (χ2n) is 4.23. The second kappa shape index (κ2) is 6.04. The summed E-state index contributed by atoms with van der Waals surface area (Å²) < 4.78 is 17.9. The molecule has 0 unspecified atom stereocenters. The van der Waals surface area contributed by atoms with Crippen LogP contribution in [0.3, 0.4) is 0 Å². The predicted molar refractivity (Wildman–Crippen MR) is 76.5 cm³/mol. The fourth-order valence-corrected chi connectivity index (χ4v) is 1.78. The Kier molecular flexibility index (Phi) is 4.18. The first-order chi connectivity index (χ1) is 10.0. The molecule has 0 fully saturated rings. The van der Waals surface area contributed by atoms with Gasteiger partial charge in [0, 0.05) is 5.69 Å². The minimum Gasteiger partial charge on any atom is -0.465 e. The average molecular weight is 288 g/mol. The molecule has 0 radical (unpaired) electrons. The number of esters is 1. The van der Waals surface area contributed by atoms with E-state index in [2.05, 4.69) is 10.1 Å². The lowest BCUT2D eigenvalue weighted by atomic mass is 10.1. The van der Waals surface area contributed by atoms with E-state index in [1.54, 1.807) is 18.2 Å². The highest BCUT2D eigenvalue weighted by Crippen LogP contribution is 2.18. The van der Waals surface area contributed by atoms with Crippen molar-refractivity contribution in [2.24, 2.45) is 0 Å². The normalized spacial score (nSPS) is 10.0. The number of para-hydroxylation sites is 1. The van der Waals surface area contributed by atoms with Gasteiger partial charge in [-0.05, 0) is 30.3 Å². The largest absolute Gasteiger partial charge is 0.465 e.